The van der Waals surface area contributed by atoms with Gasteiger partial charge in [-0.15, -0.1) is 0 Å². The number of Topliss-reactive ketones (excluding diaryl/α,β-unsaturated/α-hetero) is 1. The first kappa shape index (κ1) is 13.3. The van der Waals surface area contributed by atoms with Crippen molar-refractivity contribution in [3.05, 3.63) is 29.8 Å². The van der Waals surface area contributed by atoms with Gasteiger partial charge in [-0.05, 0) is 30.9 Å². The van der Waals surface area contributed by atoms with E-state index in [9.17, 15) is 9.59 Å². The summed E-state index contributed by atoms with van der Waals surface area (Å²) >= 11 is 0. The third-order valence-electron chi connectivity index (χ3n) is 4.87. The molecule has 1 aliphatic carbocycles. The Morgan fingerprint density at radius 3 is 2.85 bits per heavy atom. The lowest BCUT2D eigenvalue weighted by Gasteiger charge is -2.41. The monoisotopic (exact) mass is 271 g/mol. The molecule has 3 heteroatoms. The van der Waals surface area contributed by atoms with Crippen molar-refractivity contribution < 1.29 is 9.59 Å². The number of hydrogen-bond donors (Lipinski definition) is 0. The lowest BCUT2D eigenvalue weighted by molar-refractivity contribution is -0.127. The molecule has 2 unspecified atom stereocenters. The predicted octanol–water partition coefficient (Wildman–Crippen LogP) is 3.21. The Labute approximate surface area is 120 Å². The first-order valence-electron chi connectivity index (χ1n) is 7.54. The van der Waals surface area contributed by atoms with E-state index in [1.165, 1.54) is 5.56 Å². The number of hydrogen-bond acceptors (Lipinski definition) is 2. The van der Waals surface area contributed by atoms with Crippen molar-refractivity contribution in [2.45, 2.75) is 57.4 Å². The van der Waals surface area contributed by atoms with Crippen LogP contribution in [-0.2, 0) is 15.0 Å². The van der Waals surface area contributed by atoms with Crippen LogP contribution in [0, 0.1) is 0 Å². The molecule has 0 bridgehead atoms. The van der Waals surface area contributed by atoms with Crippen LogP contribution >= 0.6 is 0 Å². The first-order chi connectivity index (χ1) is 9.62. The molecular formula is C17H21NO2. The van der Waals surface area contributed by atoms with Crippen LogP contribution in [0.3, 0.4) is 0 Å². The maximum atomic E-state index is 12.5. The Balaban J connectivity index is 2.22. The van der Waals surface area contributed by atoms with Crippen molar-refractivity contribution in [1.29, 1.82) is 0 Å². The number of fused-ring (bicyclic) bond motifs is 3. The van der Waals surface area contributed by atoms with Gasteiger partial charge < -0.3 is 4.90 Å². The molecule has 1 aromatic carbocycles. The van der Waals surface area contributed by atoms with E-state index in [2.05, 4.69) is 13.0 Å². The Morgan fingerprint density at radius 1 is 1.40 bits per heavy atom. The van der Waals surface area contributed by atoms with Gasteiger partial charge >= 0.3 is 0 Å². The smallest absolute Gasteiger partial charge is 0.224 e. The number of para-hydroxylation sites is 1. The van der Waals surface area contributed by atoms with Gasteiger partial charge in [0.05, 0.1) is 0 Å². The number of amides is 1. The van der Waals surface area contributed by atoms with E-state index in [-0.39, 0.29) is 23.1 Å². The minimum atomic E-state index is -0.272. The molecule has 0 saturated heterocycles. The van der Waals surface area contributed by atoms with Crippen LogP contribution in [0.25, 0.3) is 0 Å². The number of ketones is 1. The van der Waals surface area contributed by atoms with Gasteiger partial charge in [-0.25, -0.2) is 0 Å². The zero-order valence-electron chi connectivity index (χ0n) is 12.2. The van der Waals surface area contributed by atoms with Crippen molar-refractivity contribution in [3.8, 4) is 0 Å². The van der Waals surface area contributed by atoms with Crippen molar-refractivity contribution >= 4 is 17.4 Å². The number of carbonyl (C=O) groups is 2. The minimum Gasteiger partial charge on any atom is -0.301 e. The molecule has 1 heterocycles. The highest BCUT2D eigenvalue weighted by Crippen LogP contribution is 2.53. The molecule has 0 radical (unpaired) electrons. The number of rotatable bonds is 2. The number of carbonyl (C=O) groups excluding carboxylic acids is 2. The van der Waals surface area contributed by atoms with Gasteiger partial charge in [0.15, 0.2) is 5.78 Å². The lowest BCUT2D eigenvalue weighted by Crippen LogP contribution is -2.54. The van der Waals surface area contributed by atoms with E-state index in [1.807, 2.05) is 18.2 Å². The van der Waals surface area contributed by atoms with Crippen LogP contribution in [0.1, 0.15) is 51.5 Å². The van der Waals surface area contributed by atoms with Gasteiger partial charge in [0.1, 0.15) is 6.04 Å². The zero-order valence-corrected chi connectivity index (χ0v) is 12.2. The summed E-state index contributed by atoms with van der Waals surface area (Å²) in [7, 11) is 0. The standard InChI is InChI=1S/C17H21NO2/c1-3-10-17-11-6-9-15(20)16(17)18(12(2)19)14-8-5-4-7-13(14)17/h4-5,7-8,16H,3,6,9-11H2,1-2H3. The van der Waals surface area contributed by atoms with Gasteiger partial charge in [0.2, 0.25) is 5.91 Å². The fourth-order valence-corrected chi connectivity index (χ4v) is 4.27. The summed E-state index contributed by atoms with van der Waals surface area (Å²) in [6.45, 7) is 3.73. The summed E-state index contributed by atoms with van der Waals surface area (Å²) in [6.07, 6.45) is 4.56. The van der Waals surface area contributed by atoms with E-state index in [1.54, 1.807) is 11.8 Å². The third kappa shape index (κ3) is 1.65. The molecule has 1 aliphatic heterocycles. The van der Waals surface area contributed by atoms with Crippen LogP contribution < -0.4 is 4.90 Å². The second-order valence-electron chi connectivity index (χ2n) is 6.03. The molecular weight excluding hydrogens is 250 g/mol. The molecule has 1 fully saturated rings. The molecule has 20 heavy (non-hydrogen) atoms. The maximum Gasteiger partial charge on any atom is 0.224 e. The largest absolute Gasteiger partial charge is 0.301 e. The molecule has 106 valence electrons. The number of nitrogens with zero attached hydrogens (tertiary/aromatic N) is 1. The highest BCUT2D eigenvalue weighted by atomic mass is 16.2. The summed E-state index contributed by atoms with van der Waals surface area (Å²) in [5.74, 6) is 0.215. The maximum absolute atomic E-state index is 12.5. The molecule has 2 atom stereocenters. The number of anilines is 1. The SMILES string of the molecule is CCCC12CCCC(=O)C1N(C(C)=O)c1ccccc12. The highest BCUT2D eigenvalue weighted by Gasteiger charge is 2.55. The van der Waals surface area contributed by atoms with Gasteiger partial charge in [-0.1, -0.05) is 31.5 Å². The lowest BCUT2D eigenvalue weighted by atomic mass is 9.65. The first-order valence-corrected chi connectivity index (χ1v) is 7.54. The van der Waals surface area contributed by atoms with E-state index in [0.717, 1.165) is 31.4 Å². The summed E-state index contributed by atoms with van der Waals surface area (Å²) in [6, 6.07) is 7.80. The Morgan fingerprint density at radius 2 is 2.15 bits per heavy atom. The Kier molecular flexibility index (Phi) is 3.15. The molecule has 1 saturated carbocycles. The van der Waals surface area contributed by atoms with Gasteiger partial charge in [-0.3, -0.25) is 9.59 Å². The Bertz CT molecular complexity index is 562. The van der Waals surface area contributed by atoms with E-state index in [0.29, 0.717) is 6.42 Å². The molecule has 3 nitrogen and oxygen atoms in total. The summed E-state index contributed by atoms with van der Waals surface area (Å²) in [4.78, 5) is 26.4. The van der Waals surface area contributed by atoms with Crippen LogP contribution in [-0.4, -0.2) is 17.7 Å². The van der Waals surface area contributed by atoms with E-state index in [4.69, 9.17) is 0 Å². The van der Waals surface area contributed by atoms with Gasteiger partial charge in [0.25, 0.3) is 0 Å². The van der Waals surface area contributed by atoms with Gasteiger partial charge in [-0.2, -0.15) is 0 Å². The van der Waals surface area contributed by atoms with Crippen LogP contribution in [0.5, 0.6) is 0 Å². The quantitative estimate of drug-likeness (QED) is 0.828. The van der Waals surface area contributed by atoms with E-state index >= 15 is 0 Å². The molecule has 0 N–H and O–H groups in total. The van der Waals surface area contributed by atoms with E-state index < -0.39 is 0 Å². The summed E-state index contributed by atoms with van der Waals surface area (Å²) < 4.78 is 0. The molecule has 0 aromatic heterocycles. The summed E-state index contributed by atoms with van der Waals surface area (Å²) in [5.41, 5.74) is 2.01. The van der Waals surface area contributed by atoms with Crippen molar-refractivity contribution in [3.63, 3.8) is 0 Å². The highest BCUT2D eigenvalue weighted by molar-refractivity contribution is 6.05. The normalized spacial score (nSPS) is 28.2. The molecule has 1 amide bonds. The second-order valence-corrected chi connectivity index (χ2v) is 6.03. The van der Waals surface area contributed by atoms with Crippen LogP contribution in [0.15, 0.2) is 24.3 Å². The molecule has 0 spiro atoms. The second kappa shape index (κ2) is 4.72. The topological polar surface area (TPSA) is 37.4 Å². The van der Waals surface area contributed by atoms with Crippen LogP contribution in [0.2, 0.25) is 0 Å². The molecule has 1 aromatic rings. The average Bonchev–Trinajstić information content (AvgIpc) is 2.72. The predicted molar refractivity (Wildman–Crippen MR) is 78.8 cm³/mol. The minimum absolute atomic E-state index is 0.0179. The molecule has 2 aliphatic rings. The summed E-state index contributed by atoms with van der Waals surface area (Å²) in [5, 5.41) is 0. The van der Waals surface area contributed by atoms with Crippen molar-refractivity contribution in [1.82, 2.24) is 0 Å². The van der Waals surface area contributed by atoms with Crippen molar-refractivity contribution in [2.24, 2.45) is 0 Å². The van der Waals surface area contributed by atoms with Crippen molar-refractivity contribution in [2.75, 3.05) is 4.90 Å². The number of benzene rings is 1. The van der Waals surface area contributed by atoms with Gasteiger partial charge in [0, 0.05) is 24.4 Å². The zero-order chi connectivity index (χ0) is 14.3. The fourth-order valence-electron chi connectivity index (χ4n) is 4.27. The van der Waals surface area contributed by atoms with Crippen LogP contribution in [0.4, 0.5) is 5.69 Å². The third-order valence-corrected chi connectivity index (χ3v) is 4.87. The average molecular weight is 271 g/mol. The Hall–Kier alpha value is -1.64. The molecule has 3 rings (SSSR count). The fraction of sp³-hybridized carbons (Fsp3) is 0.529.